The van der Waals surface area contributed by atoms with Crippen molar-refractivity contribution in [3.05, 3.63) is 0 Å². The molecule has 0 N–H and O–H groups in total. The van der Waals surface area contributed by atoms with Crippen LogP contribution >= 0.6 is 0 Å². The van der Waals surface area contributed by atoms with Gasteiger partial charge in [-0.2, -0.15) is 0 Å². The number of rotatable bonds is 6. The number of carbonyl (C=O) groups excluding carboxylic acids is 1. The lowest BCUT2D eigenvalue weighted by atomic mass is 9.84. The van der Waals surface area contributed by atoms with Crippen molar-refractivity contribution in [1.29, 1.82) is 0 Å². The second-order valence-electron chi connectivity index (χ2n) is 5.79. The summed E-state index contributed by atoms with van der Waals surface area (Å²) in [6.45, 7) is 5.19. The number of nitrogens with zero attached hydrogens (tertiary/aromatic N) is 1. The Morgan fingerprint density at radius 1 is 1.06 bits per heavy atom. The number of ether oxygens (including phenoxy) is 1. The predicted octanol–water partition coefficient (Wildman–Crippen LogP) is 2.98. The number of carbonyl (C=O) groups is 1. The van der Waals surface area contributed by atoms with Crippen molar-refractivity contribution in [3.8, 4) is 0 Å². The SMILES string of the molecule is CCOC(=O)CN(C1CCC(CC)CC1)C1CC1. The molecule has 0 unspecified atom stereocenters. The van der Waals surface area contributed by atoms with Gasteiger partial charge in [0.2, 0.25) is 0 Å². The maximum atomic E-state index is 11.7. The Bertz CT molecular complexity index is 268. The van der Waals surface area contributed by atoms with Crippen molar-refractivity contribution in [2.24, 2.45) is 5.92 Å². The first-order valence-electron chi connectivity index (χ1n) is 7.66. The molecular weight excluding hydrogens is 226 g/mol. The van der Waals surface area contributed by atoms with E-state index in [0.29, 0.717) is 25.2 Å². The predicted molar refractivity (Wildman–Crippen MR) is 72.4 cm³/mol. The smallest absolute Gasteiger partial charge is 0.320 e. The molecule has 2 aliphatic rings. The summed E-state index contributed by atoms with van der Waals surface area (Å²) in [4.78, 5) is 14.1. The lowest BCUT2D eigenvalue weighted by Gasteiger charge is -2.36. The van der Waals surface area contributed by atoms with E-state index in [1.807, 2.05) is 6.92 Å². The van der Waals surface area contributed by atoms with Crippen molar-refractivity contribution in [1.82, 2.24) is 4.90 Å². The summed E-state index contributed by atoms with van der Waals surface area (Å²) in [5.41, 5.74) is 0. The largest absolute Gasteiger partial charge is 0.465 e. The molecule has 2 saturated carbocycles. The van der Waals surface area contributed by atoms with E-state index in [2.05, 4.69) is 11.8 Å². The highest BCUT2D eigenvalue weighted by molar-refractivity contribution is 5.71. The van der Waals surface area contributed by atoms with Crippen LogP contribution in [0.4, 0.5) is 0 Å². The van der Waals surface area contributed by atoms with Gasteiger partial charge >= 0.3 is 5.97 Å². The molecular formula is C15H27NO2. The van der Waals surface area contributed by atoms with Gasteiger partial charge in [-0.1, -0.05) is 13.3 Å². The lowest BCUT2D eigenvalue weighted by molar-refractivity contribution is -0.145. The van der Waals surface area contributed by atoms with Crippen molar-refractivity contribution in [2.45, 2.75) is 70.9 Å². The van der Waals surface area contributed by atoms with Crippen LogP contribution in [0.2, 0.25) is 0 Å². The van der Waals surface area contributed by atoms with Gasteiger partial charge in [-0.15, -0.1) is 0 Å². The quantitative estimate of drug-likeness (QED) is 0.682. The maximum absolute atomic E-state index is 11.7. The minimum Gasteiger partial charge on any atom is -0.465 e. The highest BCUT2D eigenvalue weighted by atomic mass is 16.5. The second-order valence-corrected chi connectivity index (χ2v) is 5.79. The third kappa shape index (κ3) is 3.71. The number of esters is 1. The van der Waals surface area contributed by atoms with Gasteiger partial charge in [0.1, 0.15) is 0 Å². The molecule has 0 saturated heterocycles. The highest BCUT2D eigenvalue weighted by Crippen LogP contribution is 2.35. The first kappa shape index (κ1) is 13.9. The Morgan fingerprint density at radius 2 is 1.61 bits per heavy atom. The molecule has 0 heterocycles. The van der Waals surface area contributed by atoms with Crippen LogP contribution in [-0.4, -0.2) is 36.1 Å². The molecule has 3 nitrogen and oxygen atoms in total. The molecule has 0 aromatic rings. The zero-order valence-electron chi connectivity index (χ0n) is 11.9. The molecule has 0 spiro atoms. The van der Waals surface area contributed by atoms with E-state index in [0.717, 1.165) is 5.92 Å². The average molecular weight is 253 g/mol. The minimum atomic E-state index is -0.0398. The molecule has 2 rings (SSSR count). The van der Waals surface area contributed by atoms with Gasteiger partial charge in [0.05, 0.1) is 13.2 Å². The summed E-state index contributed by atoms with van der Waals surface area (Å²) in [7, 11) is 0. The third-order valence-electron chi connectivity index (χ3n) is 4.50. The zero-order chi connectivity index (χ0) is 13.0. The maximum Gasteiger partial charge on any atom is 0.320 e. The molecule has 0 atom stereocenters. The van der Waals surface area contributed by atoms with Crippen LogP contribution in [0.3, 0.4) is 0 Å². The van der Waals surface area contributed by atoms with E-state index in [1.54, 1.807) is 0 Å². The van der Waals surface area contributed by atoms with E-state index in [1.165, 1.54) is 44.9 Å². The minimum absolute atomic E-state index is 0.0398. The van der Waals surface area contributed by atoms with Crippen molar-refractivity contribution in [2.75, 3.05) is 13.2 Å². The average Bonchev–Trinajstić information content (AvgIpc) is 3.21. The molecule has 0 aromatic carbocycles. The standard InChI is InChI=1S/C15H27NO2/c1-3-12-5-7-13(8-6-12)16(14-9-10-14)11-15(17)18-4-2/h12-14H,3-11H2,1-2H3. The topological polar surface area (TPSA) is 29.5 Å². The van der Waals surface area contributed by atoms with Crippen molar-refractivity contribution >= 4 is 5.97 Å². The third-order valence-corrected chi connectivity index (χ3v) is 4.50. The first-order valence-corrected chi connectivity index (χ1v) is 7.66. The van der Waals surface area contributed by atoms with Gasteiger partial charge in [-0.25, -0.2) is 0 Å². The lowest BCUT2D eigenvalue weighted by Crippen LogP contribution is -2.43. The highest BCUT2D eigenvalue weighted by Gasteiger charge is 2.36. The number of hydrogen-bond acceptors (Lipinski definition) is 3. The monoisotopic (exact) mass is 253 g/mol. The fourth-order valence-corrected chi connectivity index (χ4v) is 3.20. The van der Waals surface area contributed by atoms with Crippen LogP contribution in [0.15, 0.2) is 0 Å². The van der Waals surface area contributed by atoms with Gasteiger partial charge in [-0.05, 0) is 51.4 Å². The van der Waals surface area contributed by atoms with Crippen LogP contribution in [0.25, 0.3) is 0 Å². The van der Waals surface area contributed by atoms with E-state index in [4.69, 9.17) is 4.74 Å². The van der Waals surface area contributed by atoms with Crippen LogP contribution in [0.1, 0.15) is 58.8 Å². The molecule has 2 fully saturated rings. The molecule has 0 radical (unpaired) electrons. The molecule has 104 valence electrons. The molecule has 0 amide bonds. The Morgan fingerprint density at radius 3 is 2.06 bits per heavy atom. The molecule has 0 aliphatic heterocycles. The first-order chi connectivity index (χ1) is 8.74. The fraction of sp³-hybridized carbons (Fsp3) is 0.933. The Labute approximate surface area is 111 Å². The van der Waals surface area contributed by atoms with Crippen molar-refractivity contribution < 1.29 is 9.53 Å². The van der Waals surface area contributed by atoms with Crippen LogP contribution in [0.5, 0.6) is 0 Å². The molecule has 2 aliphatic carbocycles. The summed E-state index contributed by atoms with van der Waals surface area (Å²) in [6.07, 6.45) is 9.08. The van der Waals surface area contributed by atoms with Gasteiger partial charge in [-0.3, -0.25) is 9.69 Å². The number of hydrogen-bond donors (Lipinski definition) is 0. The van der Waals surface area contributed by atoms with Crippen LogP contribution in [0, 0.1) is 5.92 Å². The van der Waals surface area contributed by atoms with Gasteiger partial charge < -0.3 is 4.74 Å². The Kier molecular flexibility index (Phi) is 5.04. The normalized spacial score (nSPS) is 28.4. The van der Waals surface area contributed by atoms with Gasteiger partial charge in [0.25, 0.3) is 0 Å². The molecule has 3 heteroatoms. The fourth-order valence-electron chi connectivity index (χ4n) is 3.20. The second kappa shape index (κ2) is 6.55. The Balaban J connectivity index is 1.84. The molecule has 18 heavy (non-hydrogen) atoms. The van der Waals surface area contributed by atoms with Crippen LogP contribution in [-0.2, 0) is 9.53 Å². The van der Waals surface area contributed by atoms with Gasteiger partial charge in [0.15, 0.2) is 0 Å². The van der Waals surface area contributed by atoms with E-state index in [9.17, 15) is 4.79 Å². The summed E-state index contributed by atoms with van der Waals surface area (Å²) < 4.78 is 5.10. The summed E-state index contributed by atoms with van der Waals surface area (Å²) in [6, 6.07) is 1.29. The summed E-state index contributed by atoms with van der Waals surface area (Å²) in [5, 5.41) is 0. The molecule has 0 aromatic heterocycles. The van der Waals surface area contributed by atoms with E-state index in [-0.39, 0.29) is 5.97 Å². The van der Waals surface area contributed by atoms with Gasteiger partial charge in [0, 0.05) is 12.1 Å². The molecule has 0 bridgehead atoms. The summed E-state index contributed by atoms with van der Waals surface area (Å²) >= 11 is 0. The Hall–Kier alpha value is -0.570. The zero-order valence-corrected chi connectivity index (χ0v) is 11.9. The van der Waals surface area contributed by atoms with Crippen molar-refractivity contribution in [3.63, 3.8) is 0 Å². The van der Waals surface area contributed by atoms with E-state index >= 15 is 0 Å². The summed E-state index contributed by atoms with van der Waals surface area (Å²) in [5.74, 6) is 0.881. The van der Waals surface area contributed by atoms with E-state index < -0.39 is 0 Å². The van der Waals surface area contributed by atoms with Crippen LogP contribution < -0.4 is 0 Å².